The molecule has 1 saturated heterocycles. The van der Waals surface area contributed by atoms with Crippen molar-refractivity contribution in [2.75, 3.05) is 44.7 Å². The third kappa shape index (κ3) is 5.44. The molecule has 0 spiro atoms. The van der Waals surface area contributed by atoms with Gasteiger partial charge in [0.05, 0.1) is 6.54 Å². The highest BCUT2D eigenvalue weighted by atomic mass is 16.2. The first-order valence-corrected chi connectivity index (χ1v) is 8.45. The van der Waals surface area contributed by atoms with E-state index in [2.05, 4.69) is 49.7 Å². The molecule has 1 aromatic rings. The summed E-state index contributed by atoms with van der Waals surface area (Å²) in [4.78, 5) is 20.8. The van der Waals surface area contributed by atoms with Gasteiger partial charge in [-0.05, 0) is 32.9 Å². The van der Waals surface area contributed by atoms with Crippen LogP contribution in [0.5, 0.6) is 0 Å². The van der Waals surface area contributed by atoms with Crippen molar-refractivity contribution < 1.29 is 4.79 Å². The molecule has 1 aliphatic rings. The standard InChI is InChI=1S/C18H29N5O/c1-18(2,3)21-16(24)14-20-17(19-4)23-12-10-22(11-13-23)15-8-6-5-7-9-15/h5-9H,10-14H2,1-4H3,(H,19,20)(H,21,24). The van der Waals surface area contributed by atoms with Crippen LogP contribution in [0, 0.1) is 0 Å². The average molecular weight is 331 g/mol. The van der Waals surface area contributed by atoms with E-state index in [0.29, 0.717) is 0 Å². The fraction of sp³-hybridized carbons (Fsp3) is 0.556. The van der Waals surface area contributed by atoms with Crippen LogP contribution in [0.4, 0.5) is 5.69 Å². The van der Waals surface area contributed by atoms with Crippen LogP contribution < -0.4 is 15.5 Å². The van der Waals surface area contributed by atoms with Gasteiger partial charge in [-0.2, -0.15) is 0 Å². The molecule has 24 heavy (non-hydrogen) atoms. The third-order valence-electron chi connectivity index (χ3n) is 3.83. The summed E-state index contributed by atoms with van der Waals surface area (Å²) in [6, 6.07) is 10.4. The van der Waals surface area contributed by atoms with Crippen molar-refractivity contribution in [3.63, 3.8) is 0 Å². The number of amides is 1. The molecule has 0 aliphatic carbocycles. The van der Waals surface area contributed by atoms with Crippen molar-refractivity contribution in [2.24, 2.45) is 4.99 Å². The zero-order valence-corrected chi connectivity index (χ0v) is 15.2. The van der Waals surface area contributed by atoms with E-state index < -0.39 is 0 Å². The number of nitrogens with zero attached hydrogens (tertiary/aromatic N) is 3. The number of guanidine groups is 1. The van der Waals surface area contributed by atoms with Crippen molar-refractivity contribution in [2.45, 2.75) is 26.3 Å². The van der Waals surface area contributed by atoms with Gasteiger partial charge in [0.2, 0.25) is 5.91 Å². The van der Waals surface area contributed by atoms with Gasteiger partial charge in [-0.15, -0.1) is 0 Å². The first kappa shape index (κ1) is 18.1. The van der Waals surface area contributed by atoms with E-state index in [4.69, 9.17) is 0 Å². The van der Waals surface area contributed by atoms with Gasteiger partial charge in [-0.3, -0.25) is 9.79 Å². The number of aliphatic imine (C=N–C) groups is 1. The number of anilines is 1. The van der Waals surface area contributed by atoms with Crippen LogP contribution in [0.3, 0.4) is 0 Å². The quantitative estimate of drug-likeness (QED) is 0.647. The summed E-state index contributed by atoms with van der Waals surface area (Å²) >= 11 is 0. The van der Waals surface area contributed by atoms with E-state index in [1.807, 2.05) is 26.8 Å². The third-order valence-corrected chi connectivity index (χ3v) is 3.83. The highest BCUT2D eigenvalue weighted by Crippen LogP contribution is 2.15. The van der Waals surface area contributed by atoms with E-state index in [1.165, 1.54) is 5.69 Å². The Morgan fingerprint density at radius 2 is 1.75 bits per heavy atom. The molecule has 0 bridgehead atoms. The summed E-state index contributed by atoms with van der Waals surface area (Å²) in [5.74, 6) is 0.762. The lowest BCUT2D eigenvalue weighted by Gasteiger charge is -2.37. The zero-order chi connectivity index (χ0) is 17.6. The van der Waals surface area contributed by atoms with Crippen LogP contribution >= 0.6 is 0 Å². The molecule has 132 valence electrons. The highest BCUT2D eigenvalue weighted by Gasteiger charge is 2.20. The summed E-state index contributed by atoms with van der Waals surface area (Å²) in [6.45, 7) is 9.82. The normalized spacial score (nSPS) is 16.1. The molecule has 6 heteroatoms. The van der Waals surface area contributed by atoms with Crippen LogP contribution in [0.15, 0.2) is 35.3 Å². The molecule has 0 atom stereocenters. The lowest BCUT2D eigenvalue weighted by molar-refractivity contribution is -0.121. The molecule has 6 nitrogen and oxygen atoms in total. The molecular formula is C18H29N5O. The van der Waals surface area contributed by atoms with Gasteiger partial charge in [0, 0.05) is 44.5 Å². The number of para-hydroxylation sites is 1. The number of hydrogen-bond donors (Lipinski definition) is 2. The monoisotopic (exact) mass is 331 g/mol. The van der Waals surface area contributed by atoms with Gasteiger partial charge >= 0.3 is 0 Å². The Morgan fingerprint density at radius 3 is 2.29 bits per heavy atom. The lowest BCUT2D eigenvalue weighted by atomic mass is 10.1. The molecular weight excluding hydrogens is 302 g/mol. The largest absolute Gasteiger partial charge is 0.368 e. The number of rotatable bonds is 3. The minimum atomic E-state index is -0.219. The second kappa shape index (κ2) is 8.04. The second-order valence-electron chi connectivity index (χ2n) is 7.01. The lowest BCUT2D eigenvalue weighted by Crippen LogP contribution is -2.54. The molecule has 1 fully saturated rings. The van der Waals surface area contributed by atoms with E-state index in [-0.39, 0.29) is 18.0 Å². The van der Waals surface area contributed by atoms with Gasteiger partial charge in [0.25, 0.3) is 0 Å². The minimum absolute atomic E-state index is 0.0217. The van der Waals surface area contributed by atoms with Gasteiger partial charge in [0.1, 0.15) is 0 Å². The van der Waals surface area contributed by atoms with E-state index in [1.54, 1.807) is 7.05 Å². The van der Waals surface area contributed by atoms with E-state index in [9.17, 15) is 4.79 Å². The van der Waals surface area contributed by atoms with Gasteiger partial charge in [-0.25, -0.2) is 0 Å². The van der Waals surface area contributed by atoms with Crippen molar-refractivity contribution in [1.82, 2.24) is 15.5 Å². The number of piperazine rings is 1. The van der Waals surface area contributed by atoms with Crippen LogP contribution in [-0.2, 0) is 4.79 Å². The summed E-state index contributed by atoms with van der Waals surface area (Å²) in [6.07, 6.45) is 0. The number of hydrogen-bond acceptors (Lipinski definition) is 3. The van der Waals surface area contributed by atoms with Crippen LogP contribution in [0.25, 0.3) is 0 Å². The molecule has 1 aliphatic heterocycles. The van der Waals surface area contributed by atoms with Crippen molar-refractivity contribution in [3.05, 3.63) is 30.3 Å². The van der Waals surface area contributed by atoms with Gasteiger partial charge in [-0.1, -0.05) is 18.2 Å². The Balaban J connectivity index is 1.82. The number of carbonyl (C=O) groups excluding carboxylic acids is 1. The van der Waals surface area contributed by atoms with Crippen LogP contribution in [-0.4, -0.2) is 62.1 Å². The fourth-order valence-electron chi connectivity index (χ4n) is 2.77. The molecule has 0 unspecified atom stereocenters. The molecule has 2 rings (SSSR count). The maximum absolute atomic E-state index is 11.9. The van der Waals surface area contributed by atoms with E-state index in [0.717, 1.165) is 32.1 Å². The minimum Gasteiger partial charge on any atom is -0.368 e. The highest BCUT2D eigenvalue weighted by molar-refractivity contribution is 5.86. The molecule has 0 aromatic heterocycles. The predicted octanol–water partition coefficient (Wildman–Crippen LogP) is 1.30. The first-order valence-electron chi connectivity index (χ1n) is 8.45. The second-order valence-corrected chi connectivity index (χ2v) is 7.01. The summed E-state index contributed by atoms with van der Waals surface area (Å²) in [5, 5.41) is 6.11. The SMILES string of the molecule is CN=C(NCC(=O)NC(C)(C)C)N1CCN(c2ccccc2)CC1. The number of benzene rings is 1. The van der Waals surface area contributed by atoms with E-state index >= 15 is 0 Å². The molecule has 0 saturated carbocycles. The Labute approximate surface area is 144 Å². The number of carbonyl (C=O) groups is 1. The van der Waals surface area contributed by atoms with Crippen molar-refractivity contribution in [3.8, 4) is 0 Å². The summed E-state index contributed by atoms with van der Waals surface area (Å²) < 4.78 is 0. The summed E-state index contributed by atoms with van der Waals surface area (Å²) in [5.41, 5.74) is 1.04. The Kier molecular flexibility index (Phi) is 6.06. The van der Waals surface area contributed by atoms with Crippen molar-refractivity contribution in [1.29, 1.82) is 0 Å². The molecule has 2 N–H and O–H groups in total. The Hall–Kier alpha value is -2.24. The van der Waals surface area contributed by atoms with Gasteiger partial charge < -0.3 is 20.4 Å². The average Bonchev–Trinajstić information content (AvgIpc) is 2.55. The molecule has 1 aromatic carbocycles. The van der Waals surface area contributed by atoms with Crippen molar-refractivity contribution >= 4 is 17.6 Å². The molecule has 0 radical (unpaired) electrons. The Bertz CT molecular complexity index is 557. The smallest absolute Gasteiger partial charge is 0.239 e. The molecule has 1 heterocycles. The first-order chi connectivity index (χ1) is 11.4. The zero-order valence-electron chi connectivity index (χ0n) is 15.2. The Morgan fingerprint density at radius 1 is 1.12 bits per heavy atom. The van der Waals surface area contributed by atoms with Crippen LogP contribution in [0.2, 0.25) is 0 Å². The summed E-state index contributed by atoms with van der Waals surface area (Å²) in [7, 11) is 1.76. The molecule has 1 amide bonds. The number of nitrogens with one attached hydrogen (secondary N) is 2. The topological polar surface area (TPSA) is 60.0 Å². The van der Waals surface area contributed by atoms with Crippen LogP contribution in [0.1, 0.15) is 20.8 Å². The van der Waals surface area contributed by atoms with Gasteiger partial charge in [0.15, 0.2) is 5.96 Å². The fourth-order valence-corrected chi connectivity index (χ4v) is 2.77. The predicted molar refractivity (Wildman–Crippen MR) is 99.5 cm³/mol. The maximum atomic E-state index is 11.9. The maximum Gasteiger partial charge on any atom is 0.239 e.